The molecular formula is C111H92N8O2S6+4. The third-order valence-electron chi connectivity index (χ3n) is 25.8. The SMILES string of the molecule is Cc1cc2c(cc1-c1n(-c3c(C)cccc3C)cc[n+]1C)sc1c3ccccc3sc21.Cc1cc2c(cc1-c1n(-c3c(C)cccc3C)cc[n+]1C)sc1sc3ccccc3c12.Cc1cccc(C)c1-n1cc[n+](C)c1-c1c(C)ccc2c1sc1c3ccccc3sc21.Cc1ccccc1-n1c(-c2c(C)ccc3c2oc2oc4ccccc4c23)[n+](C)c2ccccc21. The zero-order valence-corrected chi connectivity index (χ0v) is 78.4. The summed E-state index contributed by atoms with van der Waals surface area (Å²) in [5.74, 6) is 5.33. The third-order valence-corrected chi connectivity index (χ3v) is 33.3. The summed E-state index contributed by atoms with van der Waals surface area (Å²) in [4.78, 5) is 0. The lowest BCUT2D eigenvalue weighted by molar-refractivity contribution is -0.659. The fourth-order valence-electron chi connectivity index (χ4n) is 19.7. The van der Waals surface area contributed by atoms with Crippen LogP contribution in [0.15, 0.2) is 295 Å². The number of para-hydroxylation sites is 7. The molecule has 0 N–H and O–H groups in total. The molecule has 0 saturated carbocycles. The topological polar surface area (TPSA) is 61.5 Å². The number of thiophene rings is 6. The predicted molar refractivity (Wildman–Crippen MR) is 541 cm³/mol. The van der Waals surface area contributed by atoms with Gasteiger partial charge in [0.15, 0.2) is 16.6 Å². The zero-order valence-electron chi connectivity index (χ0n) is 73.5. The number of nitrogens with zero attached hydrogens (tertiary/aromatic N) is 8. The number of aryl methyl sites for hydroxylation is 15. The Morgan fingerprint density at radius 3 is 1.31 bits per heavy atom. The number of rotatable bonds is 8. The second-order valence-electron chi connectivity index (χ2n) is 34.1. The summed E-state index contributed by atoms with van der Waals surface area (Å²) in [6.07, 6.45) is 13.1. The molecule has 0 aliphatic heterocycles. The molecule has 12 heterocycles. The van der Waals surface area contributed by atoms with Crippen molar-refractivity contribution in [1.29, 1.82) is 0 Å². The van der Waals surface area contributed by atoms with Crippen molar-refractivity contribution in [3.63, 3.8) is 0 Å². The van der Waals surface area contributed by atoms with E-state index in [1.165, 1.54) is 196 Å². The lowest BCUT2D eigenvalue weighted by atomic mass is 10.0. The number of fused-ring (bicyclic) bond motifs is 21. The van der Waals surface area contributed by atoms with Crippen LogP contribution in [0.4, 0.5) is 0 Å². The second-order valence-corrected chi connectivity index (χ2v) is 40.6. The van der Waals surface area contributed by atoms with Crippen LogP contribution in [0.25, 0.3) is 201 Å². The van der Waals surface area contributed by atoms with Gasteiger partial charge in [0, 0.05) is 72.0 Å². The molecule has 25 rings (SSSR count). The summed E-state index contributed by atoms with van der Waals surface area (Å²) < 4.78 is 46.4. The molecule has 0 amide bonds. The van der Waals surface area contributed by atoms with Crippen LogP contribution in [0.1, 0.15) is 61.2 Å². The van der Waals surface area contributed by atoms with Gasteiger partial charge in [0.05, 0.1) is 77.8 Å². The van der Waals surface area contributed by atoms with Crippen molar-refractivity contribution < 1.29 is 27.1 Å². The van der Waals surface area contributed by atoms with Crippen molar-refractivity contribution in [3.8, 4) is 68.3 Å². The van der Waals surface area contributed by atoms with Gasteiger partial charge in [0.1, 0.15) is 71.1 Å². The summed E-state index contributed by atoms with van der Waals surface area (Å²) in [7, 11) is 8.57. The Hall–Kier alpha value is -13.2. The summed E-state index contributed by atoms with van der Waals surface area (Å²) in [5.41, 5.74) is 28.1. The van der Waals surface area contributed by atoms with Crippen LogP contribution in [0.5, 0.6) is 0 Å². The van der Waals surface area contributed by atoms with Crippen LogP contribution in [-0.4, -0.2) is 18.3 Å². The van der Waals surface area contributed by atoms with E-state index in [9.17, 15) is 0 Å². The van der Waals surface area contributed by atoms with Gasteiger partial charge in [-0.3, -0.25) is 0 Å². The molecule has 0 radical (unpaired) electrons. The maximum Gasteiger partial charge on any atom is 0.299 e. The predicted octanol–water partition coefficient (Wildman–Crippen LogP) is 29.8. The molecular weight excluding hydrogens is 1670 g/mol. The molecule has 25 aromatic rings. The van der Waals surface area contributed by atoms with E-state index in [0.717, 1.165) is 61.0 Å². The van der Waals surface area contributed by atoms with Gasteiger partial charge in [-0.25, -0.2) is 18.3 Å². The average molecular weight is 1760 g/mol. The Balaban J connectivity index is 0.000000100. The van der Waals surface area contributed by atoms with Crippen molar-refractivity contribution in [2.75, 3.05) is 0 Å². The minimum absolute atomic E-state index is 0.573. The van der Waals surface area contributed by atoms with E-state index >= 15 is 0 Å². The Morgan fingerprint density at radius 1 is 0.283 bits per heavy atom. The largest absolute Gasteiger partial charge is 0.425 e. The normalized spacial score (nSPS) is 11.9. The van der Waals surface area contributed by atoms with Crippen molar-refractivity contribution in [2.45, 2.75) is 76.2 Å². The number of benzene rings is 13. The third kappa shape index (κ3) is 12.9. The van der Waals surface area contributed by atoms with Gasteiger partial charge in [0.25, 0.3) is 29.1 Å². The monoisotopic (exact) mass is 1760 g/mol. The maximum atomic E-state index is 6.48. The van der Waals surface area contributed by atoms with Gasteiger partial charge < -0.3 is 8.83 Å². The zero-order chi connectivity index (χ0) is 86.8. The van der Waals surface area contributed by atoms with Crippen molar-refractivity contribution in [3.05, 3.63) is 347 Å². The van der Waals surface area contributed by atoms with Gasteiger partial charge in [-0.15, -0.1) is 68.0 Å². The number of hydrogen-bond acceptors (Lipinski definition) is 8. The van der Waals surface area contributed by atoms with Crippen LogP contribution in [-0.2, 0) is 28.2 Å². The molecule has 0 spiro atoms. The van der Waals surface area contributed by atoms with E-state index in [4.69, 9.17) is 8.83 Å². The van der Waals surface area contributed by atoms with E-state index in [1.54, 1.807) is 0 Å². The smallest absolute Gasteiger partial charge is 0.299 e. The molecule has 12 aromatic heterocycles. The van der Waals surface area contributed by atoms with E-state index in [0.29, 0.717) is 5.78 Å². The summed E-state index contributed by atoms with van der Waals surface area (Å²) in [5, 5.41) is 12.9. The molecule has 16 heteroatoms. The van der Waals surface area contributed by atoms with E-state index in [-0.39, 0.29) is 0 Å². The molecule has 0 fully saturated rings. The minimum atomic E-state index is 0.573. The fourth-order valence-corrected chi connectivity index (χ4v) is 27.9. The van der Waals surface area contributed by atoms with Crippen molar-refractivity contribution >= 4 is 201 Å². The fraction of sp³-hybridized carbons (Fsp3) is 0.135. The molecule has 0 aliphatic rings. The lowest BCUT2D eigenvalue weighted by Crippen LogP contribution is -2.30. The summed E-state index contributed by atoms with van der Waals surface area (Å²) in [6.45, 7) is 24.2. The lowest BCUT2D eigenvalue weighted by Gasteiger charge is -2.11. The van der Waals surface area contributed by atoms with Crippen LogP contribution >= 0.6 is 68.0 Å². The quantitative estimate of drug-likeness (QED) is 0.142. The highest BCUT2D eigenvalue weighted by Crippen LogP contribution is 2.52. The second kappa shape index (κ2) is 31.2. The minimum Gasteiger partial charge on any atom is -0.425 e. The van der Waals surface area contributed by atoms with Crippen LogP contribution in [0, 0.1) is 76.2 Å². The molecule has 0 unspecified atom stereocenters. The molecule has 620 valence electrons. The molecule has 10 nitrogen and oxygen atoms in total. The Kier molecular flexibility index (Phi) is 19.6. The van der Waals surface area contributed by atoms with Crippen molar-refractivity contribution in [1.82, 2.24) is 18.3 Å². The first-order valence-electron chi connectivity index (χ1n) is 43.1. The first kappa shape index (κ1) is 79.7. The van der Waals surface area contributed by atoms with E-state index < -0.39 is 0 Å². The first-order valence-corrected chi connectivity index (χ1v) is 48.0. The van der Waals surface area contributed by atoms with Gasteiger partial charge in [0.2, 0.25) is 0 Å². The van der Waals surface area contributed by atoms with E-state index in [1.807, 2.05) is 86.2 Å². The Bertz CT molecular complexity index is 8650. The number of imidazole rings is 4. The molecule has 0 saturated heterocycles. The molecule has 0 bridgehead atoms. The maximum absolute atomic E-state index is 6.48. The Morgan fingerprint density at radius 2 is 0.717 bits per heavy atom. The van der Waals surface area contributed by atoms with Crippen LogP contribution in [0.3, 0.4) is 0 Å². The standard InChI is InChI=1S/C30H23N2O2.3C27H23N2S2/c1-18-10-4-6-12-22(18)32-24-14-8-7-13-23(24)31(3)29(32)26-19(2)16-17-21-27-20-11-5-9-15-25(20)33-30(27)34-28(21)26;1-16-8-7-9-17(2)25(16)29-13-12-28(4)26(29)20-15-23-21(14-18(20)3)24-19-10-5-6-11-22(19)30-27(24)31-23;1-16-8-7-9-17(2)24(16)29-13-12-28(4)27(29)20-15-23-21(14-18(20)3)26-25(31-23)19-10-5-6-11-22(19)30-26;1-16-12-13-20-24(31-25-19-10-5-6-11-21(19)30-26(20)25)22(16)27-28(4)14-15-29(27)23-17(2)8-7-9-18(23)3/h4-17H,1-3H3;3*5-15H,1-4H3/q4*+1. The summed E-state index contributed by atoms with van der Waals surface area (Å²) in [6, 6.07) is 89.6. The van der Waals surface area contributed by atoms with Crippen molar-refractivity contribution in [2.24, 2.45) is 28.2 Å². The van der Waals surface area contributed by atoms with Gasteiger partial charge in [-0.1, -0.05) is 182 Å². The molecule has 13 aromatic carbocycles. The summed E-state index contributed by atoms with van der Waals surface area (Å²) >= 11 is 11.5. The van der Waals surface area contributed by atoms with Gasteiger partial charge in [-0.2, -0.15) is 18.3 Å². The highest BCUT2D eigenvalue weighted by Gasteiger charge is 2.35. The Labute approximate surface area is 759 Å². The molecule has 127 heavy (non-hydrogen) atoms. The van der Waals surface area contributed by atoms with Gasteiger partial charge >= 0.3 is 0 Å². The van der Waals surface area contributed by atoms with Crippen LogP contribution < -0.4 is 18.3 Å². The van der Waals surface area contributed by atoms with Crippen LogP contribution in [0.2, 0.25) is 0 Å². The van der Waals surface area contributed by atoms with E-state index in [2.05, 4.69) is 409 Å². The highest BCUT2D eigenvalue weighted by molar-refractivity contribution is 7.44. The highest BCUT2D eigenvalue weighted by atomic mass is 32.2. The number of furan rings is 2. The average Bonchev–Trinajstić information content (AvgIpc) is 1.56. The molecule has 0 aliphatic carbocycles. The number of aromatic nitrogens is 8. The number of hydrogen-bond donors (Lipinski definition) is 0. The first-order chi connectivity index (χ1) is 61.7. The van der Waals surface area contributed by atoms with Gasteiger partial charge in [-0.05, 0) is 204 Å². The molecule has 0 atom stereocenters.